The number of nitriles is 1. The van der Waals surface area contributed by atoms with Gasteiger partial charge in [-0.3, -0.25) is 24.2 Å². The van der Waals surface area contributed by atoms with Gasteiger partial charge in [0.15, 0.2) is 0 Å². The number of ether oxygens (including phenoxy) is 5. The maximum Gasteiger partial charge on any atom is 0.373 e. The lowest BCUT2D eigenvalue weighted by atomic mass is 9.99. The highest BCUT2D eigenvalue weighted by molar-refractivity contribution is 6.76. The fourth-order valence-electron chi connectivity index (χ4n) is 9.04. The standard InChI is InChI=1S/C15H21NO2.C14H25NOSi.C8H15NO2.C7H13NO2.C6H13N.C5H8O2.C2H3N.CO2/c1-11-9-16(10-14(11)15(17)18-3)12(2)13-7-5-4-6-8-13;1-13(14-9-7-6-8-10-14)15(11-16-2)12-17(3,4)5;1-6-4-9(2)5-7(6)8(10)11-3;1-5-3-8-4-6(5)7(9)10-2;1-6-3-4-7(2)5-6;1-3-4-5(6)7-2;1-2-3;2-1-3/h4-8,11-12,14H,9-10H2,1-3H3;6-10,13H,11-12H2,1-5H3;6-7H,4-5H2,1-3H3;5-6,8H,3-4H2,1-2H3;6H,3-5H2,1-2H3;3-4H,1-2H3;1H3;/b;;;;;4-3+;;. The third-order valence-corrected chi connectivity index (χ3v) is 14.6. The zero-order valence-electron chi connectivity index (χ0n) is 49.6. The first-order chi connectivity index (χ1) is 35.9. The van der Waals surface area contributed by atoms with Crippen LogP contribution in [0.25, 0.3) is 0 Å². The Morgan fingerprint density at radius 2 is 1.18 bits per heavy atom. The Morgan fingerprint density at radius 3 is 1.53 bits per heavy atom. The summed E-state index contributed by atoms with van der Waals surface area (Å²) >= 11 is 0. The first kappa shape index (κ1) is 73.0. The predicted molar refractivity (Wildman–Crippen MR) is 302 cm³/mol. The third-order valence-electron chi connectivity index (χ3n) is 13.2. The Balaban J connectivity index is 0. The summed E-state index contributed by atoms with van der Waals surface area (Å²) in [5, 5.41) is 10.5. The van der Waals surface area contributed by atoms with Gasteiger partial charge in [0.25, 0.3) is 0 Å². The predicted octanol–water partition coefficient (Wildman–Crippen LogP) is 8.03. The van der Waals surface area contributed by atoms with Crippen LogP contribution in [-0.2, 0) is 52.5 Å². The largest absolute Gasteiger partial charge is 0.469 e. The number of allylic oxidation sites excluding steroid dienone is 1. The molecule has 2 aromatic rings. The lowest BCUT2D eigenvalue weighted by molar-refractivity contribution is -0.191. The van der Waals surface area contributed by atoms with Crippen molar-refractivity contribution in [3.63, 3.8) is 0 Å². The highest BCUT2D eigenvalue weighted by Crippen LogP contribution is 2.31. The molecule has 18 heteroatoms. The van der Waals surface area contributed by atoms with Crippen molar-refractivity contribution in [3.8, 4) is 6.07 Å². The SMILES string of the molecule is C/C=C/C(=O)OC.CC#N.CC1CCN(C)C1.COC(=O)C1CN(C(C)c2ccccc2)CC1C.COC(=O)C1CN(C)CC1C.COC(=O)C1CNCC1C.COCN(C[Si](C)(C)C)C(C)c1ccccc1.O=C=O. The summed E-state index contributed by atoms with van der Waals surface area (Å²) < 4.78 is 23.8. The van der Waals surface area contributed by atoms with Crippen molar-refractivity contribution in [2.24, 2.45) is 41.4 Å². The van der Waals surface area contributed by atoms with Gasteiger partial charge in [0, 0.05) is 71.5 Å². The monoisotopic (exact) mass is 1080 g/mol. The Hall–Kier alpha value is -5.09. The highest BCUT2D eigenvalue weighted by atomic mass is 28.3. The molecule has 0 amide bonds. The fourth-order valence-corrected chi connectivity index (χ4v) is 10.6. The van der Waals surface area contributed by atoms with Crippen LogP contribution >= 0.6 is 0 Å². The Morgan fingerprint density at radius 1 is 0.711 bits per heavy atom. The summed E-state index contributed by atoms with van der Waals surface area (Å²) in [6.45, 7) is 32.0. The minimum Gasteiger partial charge on any atom is -0.469 e. The molecule has 0 spiro atoms. The highest BCUT2D eigenvalue weighted by Gasteiger charge is 2.38. The molecule has 4 heterocycles. The number of nitrogens with one attached hydrogen (secondary N) is 1. The Labute approximate surface area is 459 Å². The van der Waals surface area contributed by atoms with Gasteiger partial charge in [-0.2, -0.15) is 14.9 Å². The number of carbonyl (C=O) groups is 4. The van der Waals surface area contributed by atoms with E-state index in [0.29, 0.717) is 36.6 Å². The molecular formula is C58H98N6O11Si. The second-order valence-electron chi connectivity index (χ2n) is 21.0. The molecule has 17 nitrogen and oxygen atoms in total. The van der Waals surface area contributed by atoms with E-state index >= 15 is 0 Å². The minimum atomic E-state index is -1.11. The van der Waals surface area contributed by atoms with Crippen LogP contribution in [0.15, 0.2) is 72.8 Å². The number of hydrogen-bond donors (Lipinski definition) is 1. The van der Waals surface area contributed by atoms with Gasteiger partial charge in [0.2, 0.25) is 0 Å². The number of esters is 4. The molecule has 1 N–H and O–H groups in total. The van der Waals surface area contributed by atoms with Crippen molar-refractivity contribution < 1.29 is 52.5 Å². The van der Waals surface area contributed by atoms with Gasteiger partial charge in [0.1, 0.15) is 0 Å². The molecule has 4 aliphatic heterocycles. The number of carbonyl (C=O) groups excluding carboxylic acids is 6. The van der Waals surface area contributed by atoms with Crippen molar-refractivity contribution >= 4 is 38.1 Å². The molecule has 0 bridgehead atoms. The van der Waals surface area contributed by atoms with E-state index in [0.717, 1.165) is 51.4 Å². The van der Waals surface area contributed by atoms with Gasteiger partial charge in [-0.15, -0.1) is 0 Å². The molecule has 4 aliphatic rings. The summed E-state index contributed by atoms with van der Waals surface area (Å²) in [6, 6.07) is 23.6. The minimum absolute atomic E-state index is 0.0150. The average Bonchev–Trinajstić information content (AvgIpc) is 4.20. The van der Waals surface area contributed by atoms with Crippen LogP contribution < -0.4 is 5.32 Å². The van der Waals surface area contributed by atoms with E-state index in [1.807, 2.05) is 13.1 Å². The molecule has 6 rings (SSSR count). The number of methoxy groups -OCH3 is 5. The van der Waals surface area contributed by atoms with Gasteiger partial charge in [-0.1, -0.05) is 114 Å². The lowest BCUT2D eigenvalue weighted by Gasteiger charge is -2.33. The van der Waals surface area contributed by atoms with Crippen LogP contribution in [0.3, 0.4) is 0 Å². The summed E-state index contributed by atoms with van der Waals surface area (Å²) in [7, 11) is 10.6. The van der Waals surface area contributed by atoms with Crippen molar-refractivity contribution in [1.29, 1.82) is 5.26 Å². The van der Waals surface area contributed by atoms with Gasteiger partial charge in [-0.05, 0) is 95.3 Å². The van der Waals surface area contributed by atoms with Crippen molar-refractivity contribution in [1.82, 2.24) is 24.9 Å². The van der Waals surface area contributed by atoms with Crippen molar-refractivity contribution in [2.75, 3.05) is 115 Å². The summed E-state index contributed by atoms with van der Waals surface area (Å²) in [5.74, 6) is 1.82. The molecule has 0 radical (unpaired) electrons. The second kappa shape index (κ2) is 42.0. The number of rotatable bonds is 12. The van der Waals surface area contributed by atoms with E-state index in [1.54, 1.807) is 26.2 Å². The number of likely N-dealkylation sites (tertiary alicyclic amines) is 3. The zero-order chi connectivity index (χ0) is 58.4. The van der Waals surface area contributed by atoms with Gasteiger partial charge < -0.3 is 38.8 Å². The van der Waals surface area contributed by atoms with Crippen LogP contribution in [0.2, 0.25) is 19.6 Å². The topological polar surface area (TPSA) is 197 Å². The lowest BCUT2D eigenvalue weighted by Crippen LogP contribution is -2.42. The zero-order valence-corrected chi connectivity index (χ0v) is 50.6. The maximum absolute atomic E-state index is 11.7. The molecule has 4 fully saturated rings. The van der Waals surface area contributed by atoms with Gasteiger partial charge >= 0.3 is 30.0 Å². The molecular weight excluding hydrogens is 985 g/mol. The quantitative estimate of drug-likeness (QED) is 0.0704. The normalized spacial score (nSPS) is 22.4. The van der Waals surface area contributed by atoms with E-state index in [2.05, 4.69) is 162 Å². The number of hydrogen-bond acceptors (Lipinski definition) is 17. The molecule has 76 heavy (non-hydrogen) atoms. The maximum atomic E-state index is 11.7. The molecule has 430 valence electrons. The first-order valence-electron chi connectivity index (χ1n) is 26.3. The first-order valence-corrected chi connectivity index (χ1v) is 30.0. The molecule has 0 aromatic heterocycles. The van der Waals surface area contributed by atoms with Gasteiger partial charge in [0.05, 0.1) is 67.1 Å². The summed E-state index contributed by atoms with van der Waals surface area (Å²) in [6.07, 6.45) is 5.80. The third kappa shape index (κ3) is 31.2. The van der Waals surface area contributed by atoms with Crippen molar-refractivity contribution in [3.05, 3.63) is 83.9 Å². The van der Waals surface area contributed by atoms with Crippen LogP contribution in [0.1, 0.15) is 85.0 Å². The summed E-state index contributed by atoms with van der Waals surface area (Å²) in [4.78, 5) is 69.4. The smallest absolute Gasteiger partial charge is 0.373 e. The number of benzene rings is 2. The number of nitrogens with zero attached hydrogens (tertiary/aromatic N) is 5. The van der Waals surface area contributed by atoms with Crippen LogP contribution in [-0.4, -0.2) is 173 Å². The van der Waals surface area contributed by atoms with Crippen molar-refractivity contribution in [2.45, 2.75) is 93.5 Å². The van der Waals surface area contributed by atoms with E-state index in [-0.39, 0.29) is 47.8 Å². The van der Waals surface area contributed by atoms with E-state index in [9.17, 15) is 19.2 Å². The van der Waals surface area contributed by atoms with Crippen LogP contribution in [0.4, 0.5) is 0 Å². The Bertz CT molecular complexity index is 1970. The molecule has 2 aromatic carbocycles. The van der Waals surface area contributed by atoms with Crippen LogP contribution in [0, 0.1) is 52.8 Å². The molecule has 0 saturated carbocycles. The summed E-state index contributed by atoms with van der Waals surface area (Å²) in [5.41, 5.74) is 2.66. The van der Waals surface area contributed by atoms with Gasteiger partial charge in [-0.25, -0.2) is 4.79 Å². The average molecular weight is 1080 g/mol. The second-order valence-corrected chi connectivity index (χ2v) is 26.5. The van der Waals surface area contributed by atoms with E-state index in [4.69, 9.17) is 24.3 Å². The van der Waals surface area contributed by atoms with Crippen LogP contribution in [0.5, 0.6) is 0 Å². The Kier molecular flexibility index (Phi) is 40.3. The molecule has 4 saturated heterocycles. The fraction of sp³-hybridized carbons (Fsp3) is 0.655. The van der Waals surface area contributed by atoms with E-state index < -0.39 is 8.07 Å². The molecule has 9 atom stereocenters. The molecule has 0 aliphatic carbocycles. The molecule has 9 unspecified atom stereocenters. The van der Waals surface area contributed by atoms with E-state index in [1.165, 1.54) is 72.1 Å².